The minimum Gasteiger partial charge on any atom is -0.509 e. The van der Waals surface area contributed by atoms with E-state index in [1.807, 2.05) is 6.20 Å². The molecule has 5 heteroatoms. The molecule has 0 aliphatic carbocycles. The first-order valence-electron chi connectivity index (χ1n) is 12.1. The van der Waals surface area contributed by atoms with Gasteiger partial charge in [-0.25, -0.2) is 0 Å². The number of carbonyl (C=O) groups excluding carboxylic acids is 1. The molecule has 4 aromatic rings. The van der Waals surface area contributed by atoms with Crippen molar-refractivity contribution in [3.05, 3.63) is 89.6 Å². The molecule has 4 rings (SSSR count). The number of fused-ring (bicyclic) bond motifs is 3. The molecule has 0 bridgehead atoms. The molecule has 0 fully saturated rings. The van der Waals surface area contributed by atoms with Gasteiger partial charge in [-0.05, 0) is 33.3 Å². The topological polar surface area (TPSA) is 50.2 Å². The normalized spacial score (nSPS) is 12.4. The number of pyridine rings is 1. The number of aromatic nitrogens is 1. The molecule has 1 aromatic heterocycles. The molecule has 197 valence electrons. The van der Waals surface area contributed by atoms with E-state index in [2.05, 4.69) is 79.5 Å². The van der Waals surface area contributed by atoms with Crippen LogP contribution in [0.3, 0.4) is 0 Å². The average Bonchev–Trinajstić information content (AvgIpc) is 2.80. The van der Waals surface area contributed by atoms with Gasteiger partial charge < -0.3 is 10.1 Å². The van der Waals surface area contributed by atoms with Crippen LogP contribution < -0.4 is 0 Å². The molecule has 37 heavy (non-hydrogen) atoms. The van der Waals surface area contributed by atoms with E-state index >= 15 is 0 Å². The summed E-state index contributed by atoms with van der Waals surface area (Å²) in [5.41, 5.74) is 2.93. The second-order valence-electron chi connectivity index (χ2n) is 11.3. The summed E-state index contributed by atoms with van der Waals surface area (Å²) in [5.74, 6) is -2.16. The van der Waals surface area contributed by atoms with Crippen molar-refractivity contribution in [2.24, 2.45) is 10.8 Å². The monoisotopic (exact) mass is 677 g/mol. The van der Waals surface area contributed by atoms with Crippen molar-refractivity contribution in [1.82, 2.24) is 4.98 Å². The van der Waals surface area contributed by atoms with E-state index in [0.29, 0.717) is 0 Å². The summed E-state index contributed by atoms with van der Waals surface area (Å²) >= 11 is 0. The van der Waals surface area contributed by atoms with Crippen LogP contribution in [-0.2, 0) is 24.9 Å². The Morgan fingerprint density at radius 3 is 2.11 bits per heavy atom. The largest absolute Gasteiger partial charge is 0.509 e. The van der Waals surface area contributed by atoms with Gasteiger partial charge in [-0.1, -0.05) is 91.8 Å². The fourth-order valence-corrected chi connectivity index (χ4v) is 3.94. The van der Waals surface area contributed by atoms with Gasteiger partial charge in [-0.15, -0.1) is 34.9 Å². The molecule has 0 spiro atoms. The van der Waals surface area contributed by atoms with Crippen molar-refractivity contribution < 1.29 is 34.4 Å². The first-order chi connectivity index (χ1) is 16.7. The molecule has 0 unspecified atom stereocenters. The maximum Gasteiger partial charge on any atom is 0.204 e. The standard InChI is InChI=1S/C21H16N.C11H19FO2.Ir/c1-14-11-15(2)13-17(12-14)21-20-8-7-16-5-3-4-6-18(16)19(20)9-10-22-21;1-10(2,3)8(13)7(12)9(14)11(4,5)6;/h3-12H,1-2H3;13H,1-6H3;/q-1;;/b;8-7+;. The Morgan fingerprint density at radius 1 is 0.865 bits per heavy atom. The number of hydrogen-bond donors (Lipinski definition) is 1. The third kappa shape index (κ3) is 7.12. The van der Waals surface area contributed by atoms with Crippen molar-refractivity contribution in [2.75, 3.05) is 0 Å². The van der Waals surface area contributed by atoms with Gasteiger partial charge in [0.25, 0.3) is 0 Å². The average molecular weight is 677 g/mol. The van der Waals surface area contributed by atoms with Crippen LogP contribution in [0, 0.1) is 30.7 Å². The predicted octanol–water partition coefficient (Wildman–Crippen LogP) is 8.86. The van der Waals surface area contributed by atoms with E-state index in [1.54, 1.807) is 41.5 Å². The van der Waals surface area contributed by atoms with Crippen LogP contribution in [0.25, 0.3) is 32.8 Å². The quantitative estimate of drug-likeness (QED) is 0.0999. The first kappa shape index (κ1) is 30.3. The number of aryl methyl sites for hydroxylation is 2. The number of Topliss-reactive ketones (excluding diaryl/α,β-unsaturated/α-hetero) is 1. The summed E-state index contributed by atoms with van der Waals surface area (Å²) in [6.07, 6.45) is 1.90. The summed E-state index contributed by atoms with van der Waals surface area (Å²) in [5, 5.41) is 14.4. The molecule has 0 amide bonds. The Bertz CT molecular complexity index is 1440. The SMILES string of the molecule is CC(C)(C)C(=O)/C(F)=C(\O)C(C)(C)C.Cc1[c-]c(-c2nccc3c2ccc2ccccc23)cc(C)c1.[Ir]. The maximum absolute atomic E-state index is 13.5. The van der Waals surface area contributed by atoms with Gasteiger partial charge in [0.2, 0.25) is 5.83 Å². The van der Waals surface area contributed by atoms with Crippen molar-refractivity contribution in [1.29, 1.82) is 0 Å². The summed E-state index contributed by atoms with van der Waals surface area (Å²) < 4.78 is 13.5. The van der Waals surface area contributed by atoms with Crippen LogP contribution in [0.1, 0.15) is 52.7 Å². The molecule has 0 aliphatic heterocycles. The molecule has 3 aromatic carbocycles. The molecule has 3 nitrogen and oxygen atoms in total. The number of allylic oxidation sites excluding steroid dienone is 2. The molecular formula is C32H35FIrNO2-. The van der Waals surface area contributed by atoms with Crippen LogP contribution in [0.15, 0.2) is 72.4 Å². The molecule has 0 atom stereocenters. The third-order valence-electron chi connectivity index (χ3n) is 5.87. The van der Waals surface area contributed by atoms with Gasteiger partial charge in [0.1, 0.15) is 5.76 Å². The first-order valence-corrected chi connectivity index (χ1v) is 12.1. The fourth-order valence-electron chi connectivity index (χ4n) is 3.94. The zero-order chi connectivity index (χ0) is 26.8. The van der Waals surface area contributed by atoms with Gasteiger partial charge in [-0.2, -0.15) is 4.39 Å². The Balaban J connectivity index is 0.000000283. The fraction of sp³-hybridized carbons (Fsp3) is 0.312. The molecule has 0 aliphatic rings. The molecule has 1 N–H and O–H groups in total. The van der Waals surface area contributed by atoms with Crippen LogP contribution >= 0.6 is 0 Å². The molecule has 0 saturated carbocycles. The van der Waals surface area contributed by atoms with E-state index in [1.165, 1.54) is 27.1 Å². The van der Waals surface area contributed by atoms with Crippen LogP contribution in [0.4, 0.5) is 4.39 Å². The minimum atomic E-state index is -1.02. The Morgan fingerprint density at radius 2 is 1.51 bits per heavy atom. The molecule has 1 radical (unpaired) electrons. The van der Waals surface area contributed by atoms with Gasteiger partial charge in [-0.3, -0.25) is 4.79 Å². The summed E-state index contributed by atoms with van der Waals surface area (Å²) in [7, 11) is 0. The maximum atomic E-state index is 13.5. The number of aliphatic hydroxyl groups is 1. The summed E-state index contributed by atoms with van der Waals surface area (Å²) in [6, 6.07) is 22.7. The number of benzene rings is 3. The number of ketones is 1. The Hall–Kier alpha value is -2.88. The zero-order valence-electron chi connectivity index (χ0n) is 22.8. The van der Waals surface area contributed by atoms with Crippen LogP contribution in [0.5, 0.6) is 0 Å². The smallest absolute Gasteiger partial charge is 0.204 e. The number of halogens is 1. The minimum absolute atomic E-state index is 0. The van der Waals surface area contributed by atoms with Gasteiger partial charge in [0.15, 0.2) is 5.78 Å². The second-order valence-corrected chi connectivity index (χ2v) is 11.3. The molecular weight excluding hydrogens is 642 g/mol. The number of nitrogens with zero attached hydrogens (tertiary/aromatic N) is 1. The van der Waals surface area contributed by atoms with Crippen molar-refractivity contribution in [3.8, 4) is 11.3 Å². The predicted molar refractivity (Wildman–Crippen MR) is 148 cm³/mol. The van der Waals surface area contributed by atoms with E-state index in [9.17, 15) is 14.3 Å². The van der Waals surface area contributed by atoms with Crippen molar-refractivity contribution in [3.63, 3.8) is 0 Å². The number of aliphatic hydroxyl groups excluding tert-OH is 1. The number of hydrogen-bond acceptors (Lipinski definition) is 3. The molecule has 0 saturated heterocycles. The van der Waals surface area contributed by atoms with Crippen LogP contribution in [-0.4, -0.2) is 15.9 Å². The Kier molecular flexibility index (Phi) is 9.57. The van der Waals surface area contributed by atoms with Gasteiger partial charge in [0, 0.05) is 37.1 Å². The number of carbonyl (C=O) groups is 1. The summed E-state index contributed by atoms with van der Waals surface area (Å²) in [6.45, 7) is 14.0. The third-order valence-corrected chi connectivity index (χ3v) is 5.87. The van der Waals surface area contributed by atoms with E-state index < -0.39 is 28.2 Å². The van der Waals surface area contributed by atoms with Gasteiger partial charge in [0.05, 0.1) is 0 Å². The van der Waals surface area contributed by atoms with Crippen molar-refractivity contribution in [2.45, 2.75) is 55.4 Å². The van der Waals surface area contributed by atoms with E-state index in [4.69, 9.17) is 0 Å². The van der Waals surface area contributed by atoms with Gasteiger partial charge >= 0.3 is 0 Å². The zero-order valence-corrected chi connectivity index (χ0v) is 25.2. The second kappa shape index (κ2) is 11.7. The van der Waals surface area contributed by atoms with E-state index in [0.717, 1.165) is 16.8 Å². The number of rotatable bonds is 2. The molecule has 1 heterocycles. The van der Waals surface area contributed by atoms with E-state index in [-0.39, 0.29) is 20.1 Å². The van der Waals surface area contributed by atoms with Crippen molar-refractivity contribution >= 4 is 27.3 Å². The van der Waals surface area contributed by atoms with Crippen LogP contribution in [0.2, 0.25) is 0 Å². The Labute approximate surface area is 233 Å². The summed E-state index contributed by atoms with van der Waals surface area (Å²) in [4.78, 5) is 16.1.